The summed E-state index contributed by atoms with van der Waals surface area (Å²) < 4.78 is 1.25. The van der Waals surface area contributed by atoms with E-state index in [9.17, 15) is 5.11 Å². The molecule has 17 heavy (non-hydrogen) atoms. The Hall–Kier alpha value is -0.0900. The molecular weight excluding hydrogens is 323 g/mol. The lowest BCUT2D eigenvalue weighted by Gasteiger charge is -2.40. The molecule has 0 atom stereocenters. The fourth-order valence-electron chi connectivity index (χ4n) is 2.55. The molecule has 2 heteroatoms. The lowest BCUT2D eigenvalue weighted by molar-refractivity contribution is -0.0251. The smallest absolute Gasteiger partial charge is 0.0688 e. The van der Waals surface area contributed by atoms with Gasteiger partial charge in [0.1, 0.15) is 0 Å². The number of aliphatic hydroxyl groups is 1. The van der Waals surface area contributed by atoms with Crippen molar-refractivity contribution in [3.63, 3.8) is 0 Å². The van der Waals surface area contributed by atoms with Crippen molar-refractivity contribution in [2.45, 2.75) is 51.6 Å². The van der Waals surface area contributed by atoms with Gasteiger partial charge in [0.05, 0.1) is 5.60 Å². The standard InChI is InChI=1S/C15H21IO/c1-14(2)7-9-15(17,10-8-14)11-12-3-5-13(16)6-4-12/h3-6,17H,7-11H2,1-2H3. The predicted molar refractivity (Wildman–Crippen MR) is 80.1 cm³/mol. The molecule has 94 valence electrons. The van der Waals surface area contributed by atoms with Crippen molar-refractivity contribution in [2.24, 2.45) is 5.41 Å². The second-order valence-electron chi connectivity index (χ2n) is 6.19. The van der Waals surface area contributed by atoms with Crippen molar-refractivity contribution in [1.82, 2.24) is 0 Å². The van der Waals surface area contributed by atoms with Crippen LogP contribution in [0, 0.1) is 8.99 Å². The topological polar surface area (TPSA) is 20.2 Å². The molecule has 1 fully saturated rings. The summed E-state index contributed by atoms with van der Waals surface area (Å²) in [5.74, 6) is 0. The third-order valence-electron chi connectivity index (χ3n) is 3.98. The molecule has 1 aromatic rings. The van der Waals surface area contributed by atoms with E-state index < -0.39 is 5.60 Å². The molecule has 0 radical (unpaired) electrons. The zero-order valence-electron chi connectivity index (χ0n) is 10.7. The van der Waals surface area contributed by atoms with Crippen molar-refractivity contribution in [3.8, 4) is 0 Å². The van der Waals surface area contributed by atoms with Crippen LogP contribution >= 0.6 is 22.6 Å². The van der Waals surface area contributed by atoms with Crippen LogP contribution in [0.25, 0.3) is 0 Å². The molecule has 0 amide bonds. The summed E-state index contributed by atoms with van der Waals surface area (Å²) in [6.45, 7) is 4.61. The van der Waals surface area contributed by atoms with Crippen molar-refractivity contribution in [3.05, 3.63) is 33.4 Å². The molecule has 0 heterocycles. The van der Waals surface area contributed by atoms with Crippen LogP contribution < -0.4 is 0 Å². The van der Waals surface area contributed by atoms with E-state index in [2.05, 4.69) is 60.7 Å². The maximum Gasteiger partial charge on any atom is 0.0688 e. The van der Waals surface area contributed by atoms with Gasteiger partial charge in [-0.15, -0.1) is 0 Å². The normalized spacial score (nSPS) is 22.4. The fourth-order valence-corrected chi connectivity index (χ4v) is 2.91. The molecule has 1 aromatic carbocycles. The summed E-state index contributed by atoms with van der Waals surface area (Å²) in [6.07, 6.45) is 4.94. The van der Waals surface area contributed by atoms with E-state index >= 15 is 0 Å². The fraction of sp³-hybridized carbons (Fsp3) is 0.600. The maximum absolute atomic E-state index is 10.6. The van der Waals surface area contributed by atoms with E-state index in [0.717, 1.165) is 32.1 Å². The Morgan fingerprint density at radius 2 is 1.59 bits per heavy atom. The zero-order chi connectivity index (χ0) is 12.5. The summed E-state index contributed by atoms with van der Waals surface area (Å²) in [5, 5.41) is 10.6. The Balaban J connectivity index is 2.01. The first-order valence-corrected chi connectivity index (χ1v) is 7.43. The van der Waals surface area contributed by atoms with Gasteiger partial charge in [-0.05, 0) is 71.4 Å². The van der Waals surface area contributed by atoms with Crippen LogP contribution in [0.5, 0.6) is 0 Å². The van der Waals surface area contributed by atoms with Crippen LogP contribution in [0.4, 0.5) is 0 Å². The number of hydrogen-bond acceptors (Lipinski definition) is 1. The van der Waals surface area contributed by atoms with Crippen molar-refractivity contribution >= 4 is 22.6 Å². The second-order valence-corrected chi connectivity index (χ2v) is 7.44. The van der Waals surface area contributed by atoms with Gasteiger partial charge in [-0.1, -0.05) is 26.0 Å². The molecular formula is C15H21IO. The molecule has 0 aromatic heterocycles. The van der Waals surface area contributed by atoms with Crippen LogP contribution in [0.1, 0.15) is 45.1 Å². The van der Waals surface area contributed by atoms with Gasteiger partial charge in [0.2, 0.25) is 0 Å². The summed E-state index contributed by atoms with van der Waals surface area (Å²) in [6, 6.07) is 8.51. The van der Waals surface area contributed by atoms with Gasteiger partial charge < -0.3 is 5.11 Å². The van der Waals surface area contributed by atoms with Crippen LogP contribution in [0.2, 0.25) is 0 Å². The Kier molecular flexibility index (Phi) is 3.83. The predicted octanol–water partition coefficient (Wildman–Crippen LogP) is 4.17. The zero-order valence-corrected chi connectivity index (χ0v) is 12.8. The van der Waals surface area contributed by atoms with E-state index in [1.54, 1.807) is 0 Å². The lowest BCUT2D eigenvalue weighted by atomic mass is 9.69. The van der Waals surface area contributed by atoms with Crippen LogP contribution in [0.15, 0.2) is 24.3 Å². The van der Waals surface area contributed by atoms with Gasteiger partial charge in [0.25, 0.3) is 0 Å². The Labute approximate surface area is 118 Å². The minimum Gasteiger partial charge on any atom is -0.390 e. The molecule has 1 nitrogen and oxygen atoms in total. The van der Waals surface area contributed by atoms with Crippen molar-refractivity contribution < 1.29 is 5.11 Å². The first-order chi connectivity index (χ1) is 7.89. The van der Waals surface area contributed by atoms with Gasteiger partial charge in [-0.2, -0.15) is 0 Å². The first kappa shape index (κ1) is 13.3. The van der Waals surface area contributed by atoms with Gasteiger partial charge >= 0.3 is 0 Å². The minimum absolute atomic E-state index is 0.415. The molecule has 1 aliphatic rings. The van der Waals surface area contributed by atoms with E-state index in [1.165, 1.54) is 9.13 Å². The molecule has 0 spiro atoms. The highest BCUT2D eigenvalue weighted by molar-refractivity contribution is 14.1. The van der Waals surface area contributed by atoms with E-state index in [4.69, 9.17) is 0 Å². The molecule has 0 unspecified atom stereocenters. The summed E-state index contributed by atoms with van der Waals surface area (Å²) in [7, 11) is 0. The molecule has 0 bridgehead atoms. The quantitative estimate of drug-likeness (QED) is 0.799. The van der Waals surface area contributed by atoms with Crippen LogP contribution in [0.3, 0.4) is 0 Å². The Bertz CT molecular complexity index is 370. The number of benzene rings is 1. The van der Waals surface area contributed by atoms with Crippen LogP contribution in [-0.4, -0.2) is 10.7 Å². The van der Waals surface area contributed by atoms with Crippen LogP contribution in [-0.2, 0) is 6.42 Å². The molecule has 1 aliphatic carbocycles. The van der Waals surface area contributed by atoms with E-state index in [-0.39, 0.29) is 0 Å². The molecule has 0 saturated heterocycles. The summed E-state index contributed by atoms with van der Waals surface area (Å²) in [5.41, 5.74) is 1.20. The highest BCUT2D eigenvalue weighted by Gasteiger charge is 2.36. The number of hydrogen-bond donors (Lipinski definition) is 1. The van der Waals surface area contributed by atoms with E-state index in [0.29, 0.717) is 5.41 Å². The van der Waals surface area contributed by atoms with Gasteiger partial charge in [-0.25, -0.2) is 0 Å². The highest BCUT2D eigenvalue weighted by atomic mass is 127. The SMILES string of the molecule is CC1(C)CCC(O)(Cc2ccc(I)cc2)CC1. The number of halogens is 1. The summed E-state index contributed by atoms with van der Waals surface area (Å²) >= 11 is 2.31. The van der Waals surface area contributed by atoms with Crippen molar-refractivity contribution in [2.75, 3.05) is 0 Å². The van der Waals surface area contributed by atoms with Gasteiger partial charge in [-0.3, -0.25) is 0 Å². The monoisotopic (exact) mass is 344 g/mol. The largest absolute Gasteiger partial charge is 0.390 e. The molecule has 2 rings (SSSR count). The second kappa shape index (κ2) is 4.88. The van der Waals surface area contributed by atoms with Gasteiger partial charge in [0.15, 0.2) is 0 Å². The van der Waals surface area contributed by atoms with Gasteiger partial charge in [0, 0.05) is 9.99 Å². The highest BCUT2D eigenvalue weighted by Crippen LogP contribution is 2.41. The molecule has 1 N–H and O–H groups in total. The van der Waals surface area contributed by atoms with Crippen molar-refractivity contribution in [1.29, 1.82) is 0 Å². The molecule has 0 aliphatic heterocycles. The average molecular weight is 344 g/mol. The Morgan fingerprint density at radius 3 is 2.12 bits per heavy atom. The Morgan fingerprint density at radius 1 is 1.06 bits per heavy atom. The minimum atomic E-state index is -0.470. The first-order valence-electron chi connectivity index (χ1n) is 6.36. The third kappa shape index (κ3) is 3.68. The third-order valence-corrected chi connectivity index (χ3v) is 4.70. The maximum atomic E-state index is 10.6. The van der Waals surface area contributed by atoms with E-state index in [1.807, 2.05) is 0 Å². The average Bonchev–Trinajstić information content (AvgIpc) is 2.27. The lowest BCUT2D eigenvalue weighted by Crippen LogP contribution is -2.38. The number of rotatable bonds is 2. The molecule has 1 saturated carbocycles. The summed E-state index contributed by atoms with van der Waals surface area (Å²) in [4.78, 5) is 0.